The lowest BCUT2D eigenvalue weighted by Gasteiger charge is -2.21. The van der Waals surface area contributed by atoms with Crippen LogP contribution in [0.4, 0.5) is 0 Å². The molecule has 0 rings (SSSR count). The Bertz CT molecular complexity index is 1780. The Hall–Kier alpha value is -1.94. The van der Waals surface area contributed by atoms with Crippen LogP contribution in [-0.2, 0) is 65.4 Å². The van der Waals surface area contributed by atoms with Crippen molar-refractivity contribution < 1.29 is 80.2 Å². The number of phosphoric acid groups is 2. The van der Waals surface area contributed by atoms with Gasteiger partial charge in [-0.2, -0.15) is 0 Å². The lowest BCUT2D eigenvalue weighted by atomic mass is 10.0. The second-order valence-electron chi connectivity index (χ2n) is 27.4. The van der Waals surface area contributed by atoms with E-state index < -0.39 is 97.5 Å². The minimum Gasteiger partial charge on any atom is -0.462 e. The molecule has 17 nitrogen and oxygen atoms in total. The van der Waals surface area contributed by atoms with Crippen LogP contribution < -0.4 is 0 Å². The molecule has 0 heterocycles. The second kappa shape index (κ2) is 62.8. The van der Waals surface area contributed by atoms with Gasteiger partial charge in [0.05, 0.1) is 26.4 Å². The Morgan fingerprint density at radius 2 is 0.505 bits per heavy atom. The molecule has 0 aromatic rings. The first kappa shape index (κ1) is 89.1. The van der Waals surface area contributed by atoms with Gasteiger partial charge in [0.2, 0.25) is 0 Å². The Labute approximate surface area is 556 Å². The van der Waals surface area contributed by atoms with Crippen molar-refractivity contribution in [2.24, 2.45) is 17.8 Å². The third-order valence-electron chi connectivity index (χ3n) is 16.6. The zero-order valence-electron chi connectivity index (χ0n) is 59.3. The van der Waals surface area contributed by atoms with Crippen LogP contribution in [0.15, 0.2) is 0 Å². The van der Waals surface area contributed by atoms with Gasteiger partial charge in [-0.15, -0.1) is 0 Å². The first-order valence-corrected chi connectivity index (χ1v) is 40.3. The van der Waals surface area contributed by atoms with Crippen molar-refractivity contribution in [3.63, 3.8) is 0 Å². The first-order chi connectivity index (χ1) is 43.7. The molecule has 3 N–H and O–H groups in total. The van der Waals surface area contributed by atoms with Crippen molar-refractivity contribution in [2.45, 2.75) is 381 Å². The number of carbonyl (C=O) groups is 4. The summed E-state index contributed by atoms with van der Waals surface area (Å²) in [6.07, 6.45) is 47.4. The molecule has 540 valence electrons. The van der Waals surface area contributed by atoms with Crippen LogP contribution in [0.5, 0.6) is 0 Å². The summed E-state index contributed by atoms with van der Waals surface area (Å²) in [5, 5.41) is 10.6. The van der Waals surface area contributed by atoms with Crippen LogP contribution in [0.25, 0.3) is 0 Å². The van der Waals surface area contributed by atoms with E-state index in [9.17, 15) is 43.2 Å². The van der Waals surface area contributed by atoms with Crippen molar-refractivity contribution in [2.75, 3.05) is 39.6 Å². The molecule has 0 radical (unpaired) electrons. The number of esters is 4. The van der Waals surface area contributed by atoms with Gasteiger partial charge in [-0.05, 0) is 43.4 Å². The molecule has 2 unspecified atom stereocenters. The fourth-order valence-electron chi connectivity index (χ4n) is 10.9. The van der Waals surface area contributed by atoms with E-state index in [1.165, 1.54) is 173 Å². The molecule has 91 heavy (non-hydrogen) atoms. The molecule has 19 heteroatoms. The third-order valence-corrected chi connectivity index (χ3v) is 18.5. The van der Waals surface area contributed by atoms with Gasteiger partial charge in [-0.3, -0.25) is 37.3 Å². The van der Waals surface area contributed by atoms with E-state index in [0.717, 1.165) is 102 Å². The smallest absolute Gasteiger partial charge is 0.462 e. The zero-order valence-corrected chi connectivity index (χ0v) is 61.1. The molecular weight excluding hydrogens is 1200 g/mol. The largest absolute Gasteiger partial charge is 0.472 e. The van der Waals surface area contributed by atoms with E-state index in [1.807, 2.05) is 0 Å². The quantitative estimate of drug-likeness (QED) is 0.0222. The number of unbranched alkanes of at least 4 members (excludes halogenated alkanes) is 38. The summed E-state index contributed by atoms with van der Waals surface area (Å²) in [6.45, 7) is 11.8. The minimum absolute atomic E-state index is 0.102. The van der Waals surface area contributed by atoms with E-state index >= 15 is 0 Å². The van der Waals surface area contributed by atoms with Gasteiger partial charge >= 0.3 is 39.5 Å². The average molecular weight is 1340 g/mol. The lowest BCUT2D eigenvalue weighted by Crippen LogP contribution is -2.30. The van der Waals surface area contributed by atoms with Crippen molar-refractivity contribution >= 4 is 39.5 Å². The van der Waals surface area contributed by atoms with Gasteiger partial charge in [-0.1, -0.05) is 312 Å². The second-order valence-corrected chi connectivity index (χ2v) is 30.3. The normalized spacial score (nSPS) is 14.2. The Kier molecular flexibility index (Phi) is 61.5. The number of ether oxygens (including phenoxy) is 4. The van der Waals surface area contributed by atoms with Crippen LogP contribution >= 0.6 is 15.6 Å². The molecule has 5 atom stereocenters. The van der Waals surface area contributed by atoms with E-state index in [4.69, 9.17) is 37.0 Å². The molecule has 0 amide bonds. The fraction of sp³-hybridized carbons (Fsp3) is 0.944. The SMILES string of the molecule is CCCCCCCCCCCC(=O)OC[C@H](COP(=O)(O)OC[C@H](O)COP(=O)(O)OC[C@@H](COC(=O)CCCCCCCCCCCCCC(C)C)OC(=O)CCCCCCCCCCCCCCCCCCC(C)C)OC(=O)CCCCCCCCC(C)C. The fourth-order valence-corrected chi connectivity index (χ4v) is 12.5. The van der Waals surface area contributed by atoms with Gasteiger partial charge in [0.25, 0.3) is 0 Å². The van der Waals surface area contributed by atoms with E-state index in [0.29, 0.717) is 31.6 Å². The molecule has 0 aliphatic heterocycles. The van der Waals surface area contributed by atoms with Gasteiger partial charge < -0.3 is 33.8 Å². The first-order valence-electron chi connectivity index (χ1n) is 37.3. The molecule has 0 fully saturated rings. The average Bonchev–Trinajstić information content (AvgIpc) is 3.58. The molecule has 0 bridgehead atoms. The molecule has 0 aliphatic rings. The molecule has 0 spiro atoms. The van der Waals surface area contributed by atoms with Gasteiger partial charge in [-0.25, -0.2) is 9.13 Å². The number of rotatable bonds is 70. The number of phosphoric ester groups is 2. The number of aliphatic hydroxyl groups is 1. The maximum Gasteiger partial charge on any atom is 0.472 e. The number of aliphatic hydroxyl groups excluding tert-OH is 1. The number of hydrogen-bond donors (Lipinski definition) is 3. The van der Waals surface area contributed by atoms with Gasteiger partial charge in [0.15, 0.2) is 12.2 Å². The highest BCUT2D eigenvalue weighted by molar-refractivity contribution is 7.47. The zero-order chi connectivity index (χ0) is 67.3. The Morgan fingerprint density at radius 3 is 0.747 bits per heavy atom. The summed E-state index contributed by atoms with van der Waals surface area (Å²) < 4.78 is 68.3. The summed E-state index contributed by atoms with van der Waals surface area (Å²) in [6, 6.07) is 0. The van der Waals surface area contributed by atoms with Crippen molar-refractivity contribution in [3.8, 4) is 0 Å². The topological polar surface area (TPSA) is 237 Å². The maximum absolute atomic E-state index is 13.0. The monoisotopic (exact) mass is 1340 g/mol. The molecular formula is C72H140O17P2. The molecule has 0 aliphatic carbocycles. The van der Waals surface area contributed by atoms with Gasteiger partial charge in [0, 0.05) is 25.7 Å². The predicted molar refractivity (Wildman–Crippen MR) is 368 cm³/mol. The van der Waals surface area contributed by atoms with E-state index in [2.05, 4.69) is 48.5 Å². The summed E-state index contributed by atoms with van der Waals surface area (Å²) in [5.74, 6) is 0.121. The van der Waals surface area contributed by atoms with E-state index in [1.54, 1.807) is 0 Å². The summed E-state index contributed by atoms with van der Waals surface area (Å²) >= 11 is 0. The molecule has 0 aromatic carbocycles. The van der Waals surface area contributed by atoms with Crippen LogP contribution in [-0.4, -0.2) is 96.7 Å². The third kappa shape index (κ3) is 66.5. The predicted octanol–water partition coefficient (Wildman–Crippen LogP) is 20.6. The highest BCUT2D eigenvalue weighted by atomic mass is 31.2. The Morgan fingerprint density at radius 1 is 0.297 bits per heavy atom. The lowest BCUT2D eigenvalue weighted by molar-refractivity contribution is -0.161. The summed E-state index contributed by atoms with van der Waals surface area (Å²) in [4.78, 5) is 72.5. The standard InChI is InChI=1S/C72H140O17P2/c1-8-9-10-11-12-24-31-39-46-53-69(74)82-60-68(89-72(77)56-49-42-35-34-38-45-52-65(6)7)62-87-91(80,81)85-58-66(73)57-84-90(78,79)86-61-67(59-83-70(75)54-47-40-32-27-23-19-21-26-30-37-44-51-64(4)5)88-71(76)55-48-41-33-28-22-18-16-14-13-15-17-20-25-29-36-43-50-63(2)3/h63-68,73H,8-62H2,1-7H3,(H,78,79)(H,80,81)/t66-,67-,68-/m1/s1. The highest BCUT2D eigenvalue weighted by Crippen LogP contribution is 2.45. The summed E-state index contributed by atoms with van der Waals surface area (Å²) in [7, 11) is -9.90. The highest BCUT2D eigenvalue weighted by Gasteiger charge is 2.30. The van der Waals surface area contributed by atoms with Crippen molar-refractivity contribution in [3.05, 3.63) is 0 Å². The maximum atomic E-state index is 13.0. The molecule has 0 aromatic heterocycles. The molecule has 0 saturated heterocycles. The Balaban J connectivity index is 5.20. The number of carbonyl (C=O) groups excluding carboxylic acids is 4. The van der Waals surface area contributed by atoms with Crippen LogP contribution in [0.2, 0.25) is 0 Å². The van der Waals surface area contributed by atoms with Crippen molar-refractivity contribution in [1.29, 1.82) is 0 Å². The van der Waals surface area contributed by atoms with Crippen LogP contribution in [0, 0.1) is 17.8 Å². The molecule has 0 saturated carbocycles. The van der Waals surface area contributed by atoms with Crippen LogP contribution in [0.1, 0.15) is 363 Å². The van der Waals surface area contributed by atoms with E-state index in [-0.39, 0.29) is 25.7 Å². The summed E-state index contributed by atoms with van der Waals surface area (Å²) in [5.41, 5.74) is 0. The van der Waals surface area contributed by atoms with Crippen molar-refractivity contribution in [1.82, 2.24) is 0 Å². The van der Waals surface area contributed by atoms with Gasteiger partial charge in [0.1, 0.15) is 19.3 Å². The number of hydrogen-bond acceptors (Lipinski definition) is 15. The minimum atomic E-state index is -4.95. The van der Waals surface area contributed by atoms with Crippen LogP contribution in [0.3, 0.4) is 0 Å².